The summed E-state index contributed by atoms with van der Waals surface area (Å²) < 4.78 is 48.8. The molecule has 1 aliphatic heterocycles. The molecule has 144 valence electrons. The molecule has 0 N–H and O–H groups in total. The highest BCUT2D eigenvalue weighted by molar-refractivity contribution is 5.69. The number of nitrogens with zero attached hydrogens (tertiary/aromatic N) is 2. The number of pyridine rings is 1. The van der Waals surface area contributed by atoms with Gasteiger partial charge in [0, 0.05) is 18.8 Å². The Morgan fingerprint density at radius 1 is 1.23 bits per heavy atom. The number of aromatic nitrogens is 1. The smallest absolute Gasteiger partial charge is 0.417 e. The molecule has 0 aromatic carbocycles. The van der Waals surface area contributed by atoms with Crippen molar-refractivity contribution in [2.45, 2.75) is 51.4 Å². The van der Waals surface area contributed by atoms with Crippen LogP contribution in [0.3, 0.4) is 0 Å². The summed E-state index contributed by atoms with van der Waals surface area (Å²) in [6.45, 7) is 6.25. The van der Waals surface area contributed by atoms with Crippen molar-refractivity contribution >= 4 is 6.09 Å². The van der Waals surface area contributed by atoms with Crippen molar-refractivity contribution in [3.8, 4) is 5.88 Å². The fourth-order valence-corrected chi connectivity index (χ4v) is 3.22. The Labute approximate surface area is 150 Å². The molecular formula is C18H23F3N2O3. The van der Waals surface area contributed by atoms with Crippen LogP contribution in [0.1, 0.15) is 39.2 Å². The van der Waals surface area contributed by atoms with Crippen LogP contribution in [0.25, 0.3) is 0 Å². The topological polar surface area (TPSA) is 51.7 Å². The predicted octanol–water partition coefficient (Wildman–Crippen LogP) is 4.12. The summed E-state index contributed by atoms with van der Waals surface area (Å²) in [6.07, 6.45) is -2.15. The Bertz CT molecular complexity index is 655. The van der Waals surface area contributed by atoms with Gasteiger partial charge >= 0.3 is 12.3 Å². The van der Waals surface area contributed by atoms with Crippen LogP contribution < -0.4 is 4.74 Å². The van der Waals surface area contributed by atoms with E-state index in [0.29, 0.717) is 18.4 Å². The van der Waals surface area contributed by atoms with Gasteiger partial charge in [-0.1, -0.05) is 0 Å². The lowest BCUT2D eigenvalue weighted by molar-refractivity contribution is -0.137. The first kappa shape index (κ1) is 18.8. The number of carbonyl (C=O) groups is 1. The van der Waals surface area contributed by atoms with Gasteiger partial charge in [0.05, 0.1) is 11.6 Å². The predicted molar refractivity (Wildman–Crippen MR) is 87.7 cm³/mol. The second kappa shape index (κ2) is 6.63. The van der Waals surface area contributed by atoms with Crippen LogP contribution in [0.2, 0.25) is 0 Å². The van der Waals surface area contributed by atoms with E-state index >= 15 is 0 Å². The van der Waals surface area contributed by atoms with Gasteiger partial charge in [0.25, 0.3) is 0 Å². The number of hydrogen-bond acceptors (Lipinski definition) is 4. The van der Waals surface area contributed by atoms with E-state index in [1.54, 1.807) is 4.90 Å². The largest absolute Gasteiger partial charge is 0.475 e. The number of piperidine rings is 1. The van der Waals surface area contributed by atoms with E-state index < -0.39 is 17.3 Å². The number of halogens is 3. The van der Waals surface area contributed by atoms with E-state index in [1.165, 1.54) is 6.07 Å². The molecule has 1 aliphatic carbocycles. The highest BCUT2D eigenvalue weighted by atomic mass is 19.4. The zero-order valence-electron chi connectivity index (χ0n) is 15.0. The van der Waals surface area contributed by atoms with Crippen LogP contribution in [-0.2, 0) is 10.9 Å². The van der Waals surface area contributed by atoms with Gasteiger partial charge in [0.15, 0.2) is 0 Å². The lowest BCUT2D eigenvalue weighted by atomic mass is 10.0. The second-order valence-electron chi connectivity index (χ2n) is 7.97. The van der Waals surface area contributed by atoms with Crippen LogP contribution in [0.4, 0.5) is 18.0 Å². The summed E-state index contributed by atoms with van der Waals surface area (Å²) in [5.74, 6) is 1.21. The number of hydrogen-bond donors (Lipinski definition) is 0. The van der Waals surface area contributed by atoms with Gasteiger partial charge in [-0.25, -0.2) is 9.78 Å². The Hall–Kier alpha value is -1.99. The molecule has 0 unspecified atom stereocenters. The van der Waals surface area contributed by atoms with E-state index in [-0.39, 0.29) is 24.6 Å². The molecule has 3 rings (SSSR count). The number of fused-ring (bicyclic) bond motifs is 1. The molecule has 2 heterocycles. The van der Waals surface area contributed by atoms with Gasteiger partial charge in [0.1, 0.15) is 12.2 Å². The number of rotatable bonds is 3. The minimum absolute atomic E-state index is 0.111. The summed E-state index contributed by atoms with van der Waals surface area (Å²) in [5, 5.41) is 0. The minimum atomic E-state index is -4.43. The summed E-state index contributed by atoms with van der Waals surface area (Å²) in [7, 11) is 0. The Morgan fingerprint density at radius 3 is 2.54 bits per heavy atom. The molecule has 1 aromatic heterocycles. The number of likely N-dealkylation sites (tertiary alicyclic amines) is 1. The van der Waals surface area contributed by atoms with Crippen molar-refractivity contribution in [3.63, 3.8) is 0 Å². The molecule has 8 heteroatoms. The third-order valence-corrected chi connectivity index (χ3v) is 4.63. The van der Waals surface area contributed by atoms with Crippen LogP contribution in [0, 0.1) is 11.8 Å². The molecule has 1 aromatic rings. The molecule has 2 aliphatic rings. The number of amides is 1. The fourth-order valence-electron chi connectivity index (χ4n) is 3.22. The molecule has 5 nitrogen and oxygen atoms in total. The monoisotopic (exact) mass is 372 g/mol. The van der Waals surface area contributed by atoms with Crippen molar-refractivity contribution in [1.29, 1.82) is 0 Å². The Morgan fingerprint density at radius 2 is 1.96 bits per heavy atom. The van der Waals surface area contributed by atoms with Crippen molar-refractivity contribution in [2.75, 3.05) is 13.2 Å². The first-order valence-corrected chi connectivity index (χ1v) is 8.68. The Kier molecular flexibility index (Phi) is 4.79. The highest BCUT2D eigenvalue weighted by Crippen LogP contribution is 2.47. The second-order valence-corrected chi connectivity index (χ2v) is 7.97. The molecule has 1 saturated carbocycles. The van der Waals surface area contributed by atoms with E-state index in [4.69, 9.17) is 9.47 Å². The van der Waals surface area contributed by atoms with Crippen molar-refractivity contribution in [2.24, 2.45) is 11.8 Å². The number of carbonyl (C=O) groups excluding carboxylic acids is 1. The van der Waals surface area contributed by atoms with Crippen molar-refractivity contribution in [1.82, 2.24) is 9.88 Å². The average Bonchev–Trinajstić information content (AvgIpc) is 3.28. The summed E-state index contributed by atoms with van der Waals surface area (Å²) in [4.78, 5) is 17.9. The zero-order valence-corrected chi connectivity index (χ0v) is 15.0. The van der Waals surface area contributed by atoms with Gasteiger partial charge in [0.2, 0.25) is 5.88 Å². The van der Waals surface area contributed by atoms with E-state index in [9.17, 15) is 18.0 Å². The van der Waals surface area contributed by atoms with Crippen molar-refractivity contribution < 1.29 is 27.4 Å². The van der Waals surface area contributed by atoms with Gasteiger partial charge < -0.3 is 14.4 Å². The normalized spacial score (nSPS) is 25.5. The van der Waals surface area contributed by atoms with Gasteiger partial charge in [-0.15, -0.1) is 0 Å². The molecule has 0 bridgehead atoms. The maximum Gasteiger partial charge on any atom is 0.417 e. The SMILES string of the molecule is CC(C)(C)OC(=O)N1C[C@@H]2C[C@@H]2C[C@H]1COc1ccc(C(F)(F)F)cn1. The Balaban J connectivity index is 1.62. The molecular weight excluding hydrogens is 349 g/mol. The van der Waals surface area contributed by atoms with Gasteiger partial charge in [-0.05, 0) is 51.5 Å². The van der Waals surface area contributed by atoms with Crippen LogP contribution in [0.5, 0.6) is 5.88 Å². The molecule has 0 radical (unpaired) electrons. The zero-order chi connectivity index (χ0) is 19.1. The van der Waals surface area contributed by atoms with Crippen molar-refractivity contribution in [3.05, 3.63) is 23.9 Å². The lowest BCUT2D eigenvalue weighted by Gasteiger charge is -2.36. The molecule has 3 atom stereocenters. The summed E-state index contributed by atoms with van der Waals surface area (Å²) in [5.41, 5.74) is -1.41. The third-order valence-electron chi connectivity index (χ3n) is 4.63. The van der Waals surface area contributed by atoms with Gasteiger partial charge in [-0.2, -0.15) is 13.2 Å². The first-order chi connectivity index (χ1) is 12.0. The average molecular weight is 372 g/mol. The lowest BCUT2D eigenvalue weighted by Crippen LogP contribution is -2.49. The maximum absolute atomic E-state index is 12.6. The third kappa shape index (κ3) is 4.59. The fraction of sp³-hybridized carbons (Fsp3) is 0.667. The number of alkyl halides is 3. The standard InChI is InChI=1S/C18H23F3N2O3/c1-17(2,3)26-16(24)23-9-12-6-11(12)7-14(23)10-25-15-5-4-13(8-22-15)18(19,20)21/h4-5,8,11-12,14H,6-7,9-10H2,1-3H3/t11-,12+,14+/m1/s1. The molecule has 2 fully saturated rings. The maximum atomic E-state index is 12.6. The molecule has 0 spiro atoms. The van der Waals surface area contributed by atoms with Gasteiger partial charge in [-0.3, -0.25) is 0 Å². The number of ether oxygens (including phenoxy) is 2. The molecule has 26 heavy (non-hydrogen) atoms. The first-order valence-electron chi connectivity index (χ1n) is 8.68. The van der Waals surface area contributed by atoms with Crippen LogP contribution in [-0.4, -0.2) is 40.8 Å². The molecule has 1 amide bonds. The quantitative estimate of drug-likeness (QED) is 0.801. The summed E-state index contributed by atoms with van der Waals surface area (Å²) >= 11 is 0. The highest BCUT2D eigenvalue weighted by Gasteiger charge is 2.48. The minimum Gasteiger partial charge on any atom is -0.475 e. The molecule has 1 saturated heterocycles. The van der Waals surface area contributed by atoms with E-state index in [0.717, 1.165) is 25.1 Å². The van der Waals surface area contributed by atoms with E-state index in [1.807, 2.05) is 20.8 Å². The van der Waals surface area contributed by atoms with Crippen LogP contribution in [0.15, 0.2) is 18.3 Å². The van der Waals surface area contributed by atoms with E-state index in [2.05, 4.69) is 4.98 Å². The van der Waals surface area contributed by atoms with Crippen LogP contribution >= 0.6 is 0 Å². The summed E-state index contributed by atoms with van der Waals surface area (Å²) in [6, 6.07) is 1.97.